The molecule has 1 unspecified atom stereocenters. The average Bonchev–Trinajstić information content (AvgIpc) is 3.11. The second kappa shape index (κ2) is 8.47. The Kier molecular flexibility index (Phi) is 6.07. The van der Waals surface area contributed by atoms with E-state index in [2.05, 4.69) is 40.1 Å². The lowest BCUT2D eigenvalue weighted by molar-refractivity contribution is 0.0743. The van der Waals surface area contributed by atoms with Gasteiger partial charge in [-0.05, 0) is 37.2 Å². The molecular weight excluding hydrogens is 316 g/mol. The molecule has 1 aromatic heterocycles. The topological polar surface area (TPSA) is 53.8 Å². The number of aromatic nitrogens is 2. The monoisotopic (exact) mass is 344 g/mol. The number of hydrogen-bond donors (Lipinski definition) is 1. The van der Waals surface area contributed by atoms with E-state index in [-0.39, 0.29) is 6.61 Å². The smallest absolute Gasteiger partial charge is 0.123 e. The summed E-state index contributed by atoms with van der Waals surface area (Å²) in [6.45, 7) is 4.97. The quantitative estimate of drug-likeness (QED) is 0.824. The van der Waals surface area contributed by atoms with Gasteiger partial charge < -0.3 is 14.7 Å². The highest BCUT2D eigenvalue weighted by Crippen LogP contribution is 2.22. The van der Waals surface area contributed by atoms with Crippen molar-refractivity contribution in [3.8, 4) is 5.75 Å². The van der Waals surface area contributed by atoms with E-state index < -0.39 is 0 Å². The predicted molar refractivity (Wildman–Crippen MR) is 97.7 cm³/mol. The highest BCUT2D eigenvalue weighted by Gasteiger charge is 2.23. The van der Waals surface area contributed by atoms with Crippen molar-refractivity contribution in [3.63, 3.8) is 0 Å². The summed E-state index contributed by atoms with van der Waals surface area (Å²) in [5.41, 5.74) is 2.43. The molecule has 2 aromatic rings. The molecule has 0 radical (unpaired) electrons. The summed E-state index contributed by atoms with van der Waals surface area (Å²) in [7, 11) is 3.86. The number of ether oxygens (including phenoxy) is 1. The highest BCUT2D eigenvalue weighted by atomic mass is 16.5. The van der Waals surface area contributed by atoms with E-state index in [4.69, 9.17) is 4.74 Å². The zero-order valence-corrected chi connectivity index (χ0v) is 15.1. The Labute approximate surface area is 149 Å². The molecule has 1 aliphatic heterocycles. The third-order valence-electron chi connectivity index (χ3n) is 4.97. The Hall–Kier alpha value is -1.89. The first-order valence-electron chi connectivity index (χ1n) is 8.86. The van der Waals surface area contributed by atoms with Crippen LogP contribution in [-0.2, 0) is 13.1 Å². The lowest BCUT2D eigenvalue weighted by Crippen LogP contribution is -2.51. The predicted octanol–water partition coefficient (Wildman–Crippen LogP) is 1.44. The Bertz CT molecular complexity index is 659. The van der Waals surface area contributed by atoms with Gasteiger partial charge in [0, 0.05) is 56.8 Å². The van der Waals surface area contributed by atoms with Crippen LogP contribution in [0.5, 0.6) is 5.75 Å². The van der Waals surface area contributed by atoms with Gasteiger partial charge >= 0.3 is 0 Å². The molecule has 0 aliphatic carbocycles. The van der Waals surface area contributed by atoms with E-state index in [0.717, 1.165) is 43.9 Å². The molecule has 3 rings (SSSR count). The van der Waals surface area contributed by atoms with Gasteiger partial charge in [-0.2, -0.15) is 5.10 Å². The van der Waals surface area contributed by atoms with E-state index in [1.165, 1.54) is 5.56 Å². The summed E-state index contributed by atoms with van der Waals surface area (Å²) in [6, 6.07) is 8.78. The molecule has 2 heterocycles. The fourth-order valence-corrected chi connectivity index (χ4v) is 3.50. The number of aliphatic hydroxyl groups excluding tert-OH is 1. The van der Waals surface area contributed by atoms with Gasteiger partial charge in [0.15, 0.2) is 0 Å². The molecule has 1 aromatic carbocycles. The zero-order chi connectivity index (χ0) is 17.6. The van der Waals surface area contributed by atoms with Crippen LogP contribution in [0, 0.1) is 0 Å². The third kappa shape index (κ3) is 4.60. The first-order chi connectivity index (χ1) is 12.2. The van der Waals surface area contributed by atoms with E-state index >= 15 is 0 Å². The van der Waals surface area contributed by atoms with Crippen molar-refractivity contribution < 1.29 is 9.84 Å². The first-order valence-corrected chi connectivity index (χ1v) is 8.86. The first kappa shape index (κ1) is 17.9. The van der Waals surface area contributed by atoms with Crippen LogP contribution in [0.1, 0.15) is 17.5 Å². The van der Waals surface area contributed by atoms with Crippen molar-refractivity contribution in [2.24, 2.45) is 0 Å². The SMILES string of the molecule is COc1ccc(CN2CCN(C)C(CCO)C2)cc1Cn1cccn1. The van der Waals surface area contributed by atoms with Crippen molar-refractivity contribution >= 4 is 0 Å². The summed E-state index contributed by atoms with van der Waals surface area (Å²) < 4.78 is 7.42. The van der Waals surface area contributed by atoms with Gasteiger partial charge in [0.25, 0.3) is 0 Å². The minimum absolute atomic E-state index is 0.249. The standard InChI is InChI=1S/C19H28N4O2/c1-21-9-10-22(15-18(21)6-11-24)13-16-4-5-19(25-2)17(12-16)14-23-8-3-7-20-23/h3-5,7-8,12,18,24H,6,9-11,13-15H2,1-2H3. The summed E-state index contributed by atoms with van der Waals surface area (Å²) in [6.07, 6.45) is 4.59. The molecule has 0 bridgehead atoms. The molecular formula is C19H28N4O2. The third-order valence-corrected chi connectivity index (χ3v) is 4.97. The normalized spacial score (nSPS) is 19.2. The lowest BCUT2D eigenvalue weighted by atomic mass is 10.1. The largest absolute Gasteiger partial charge is 0.496 e. The molecule has 25 heavy (non-hydrogen) atoms. The van der Waals surface area contributed by atoms with Crippen LogP contribution in [0.15, 0.2) is 36.7 Å². The number of likely N-dealkylation sites (N-methyl/N-ethyl adjacent to an activating group) is 1. The van der Waals surface area contributed by atoms with Crippen LogP contribution < -0.4 is 4.74 Å². The van der Waals surface area contributed by atoms with E-state index in [9.17, 15) is 5.11 Å². The van der Waals surface area contributed by atoms with Crippen molar-refractivity contribution in [1.82, 2.24) is 19.6 Å². The van der Waals surface area contributed by atoms with Crippen LogP contribution in [0.3, 0.4) is 0 Å². The molecule has 136 valence electrons. The van der Waals surface area contributed by atoms with Crippen LogP contribution in [0.4, 0.5) is 0 Å². The number of piperazine rings is 1. The van der Waals surface area contributed by atoms with Crippen LogP contribution >= 0.6 is 0 Å². The lowest BCUT2D eigenvalue weighted by Gasteiger charge is -2.39. The van der Waals surface area contributed by atoms with Gasteiger partial charge in [-0.25, -0.2) is 0 Å². The maximum Gasteiger partial charge on any atom is 0.123 e. The molecule has 6 nitrogen and oxygen atoms in total. The van der Waals surface area contributed by atoms with E-state index in [1.54, 1.807) is 13.3 Å². The Morgan fingerprint density at radius 1 is 1.28 bits per heavy atom. The van der Waals surface area contributed by atoms with Gasteiger partial charge in [0.1, 0.15) is 5.75 Å². The minimum atomic E-state index is 0.249. The summed E-state index contributed by atoms with van der Waals surface area (Å²) in [4.78, 5) is 4.82. The Balaban J connectivity index is 1.70. The van der Waals surface area contributed by atoms with Gasteiger partial charge in [-0.15, -0.1) is 0 Å². The zero-order valence-electron chi connectivity index (χ0n) is 15.1. The molecule has 0 saturated carbocycles. The van der Waals surface area contributed by atoms with Gasteiger partial charge in [0.2, 0.25) is 0 Å². The molecule has 1 saturated heterocycles. The maximum absolute atomic E-state index is 9.26. The number of aliphatic hydroxyl groups is 1. The average molecular weight is 344 g/mol. The maximum atomic E-state index is 9.26. The fraction of sp³-hybridized carbons (Fsp3) is 0.526. The van der Waals surface area contributed by atoms with Crippen LogP contribution in [-0.4, -0.2) is 71.1 Å². The van der Waals surface area contributed by atoms with Crippen molar-refractivity contribution in [1.29, 1.82) is 0 Å². The minimum Gasteiger partial charge on any atom is -0.496 e. The van der Waals surface area contributed by atoms with Crippen molar-refractivity contribution in [2.75, 3.05) is 40.4 Å². The molecule has 1 fully saturated rings. The molecule has 1 atom stereocenters. The van der Waals surface area contributed by atoms with Crippen LogP contribution in [0.2, 0.25) is 0 Å². The Morgan fingerprint density at radius 2 is 2.16 bits per heavy atom. The number of rotatable bonds is 7. The van der Waals surface area contributed by atoms with E-state index in [0.29, 0.717) is 12.6 Å². The summed E-state index contributed by atoms with van der Waals surface area (Å²) in [5, 5.41) is 13.6. The second-order valence-corrected chi connectivity index (χ2v) is 6.73. The molecule has 0 spiro atoms. The number of hydrogen-bond acceptors (Lipinski definition) is 5. The highest BCUT2D eigenvalue weighted by molar-refractivity contribution is 5.37. The number of methoxy groups -OCH3 is 1. The summed E-state index contributed by atoms with van der Waals surface area (Å²) >= 11 is 0. The van der Waals surface area contributed by atoms with Crippen molar-refractivity contribution in [2.45, 2.75) is 25.6 Å². The Morgan fingerprint density at radius 3 is 2.88 bits per heavy atom. The van der Waals surface area contributed by atoms with Gasteiger partial charge in [-0.1, -0.05) is 6.07 Å². The molecule has 1 N–H and O–H groups in total. The summed E-state index contributed by atoms with van der Waals surface area (Å²) in [5.74, 6) is 0.899. The van der Waals surface area contributed by atoms with Crippen molar-refractivity contribution in [3.05, 3.63) is 47.8 Å². The van der Waals surface area contributed by atoms with E-state index in [1.807, 2.05) is 16.9 Å². The molecule has 1 aliphatic rings. The second-order valence-electron chi connectivity index (χ2n) is 6.73. The van der Waals surface area contributed by atoms with Crippen LogP contribution in [0.25, 0.3) is 0 Å². The number of nitrogens with zero attached hydrogens (tertiary/aromatic N) is 4. The van der Waals surface area contributed by atoms with Gasteiger partial charge in [0.05, 0.1) is 13.7 Å². The molecule has 6 heteroatoms. The van der Waals surface area contributed by atoms with Gasteiger partial charge in [-0.3, -0.25) is 9.58 Å². The fourth-order valence-electron chi connectivity index (χ4n) is 3.50. The number of benzene rings is 1. The molecule has 0 amide bonds.